The van der Waals surface area contributed by atoms with Crippen LogP contribution in [0.25, 0.3) is 0 Å². The fourth-order valence-electron chi connectivity index (χ4n) is 2.77. The maximum Gasteiger partial charge on any atom is 0.405 e. The molecular weight excluding hydrogens is 253 g/mol. The lowest BCUT2D eigenvalue weighted by Crippen LogP contribution is -2.36. The monoisotopic (exact) mass is 272 g/mol. The lowest BCUT2D eigenvalue weighted by atomic mass is 9.88. The van der Waals surface area contributed by atoms with E-state index < -0.39 is 12.7 Å². The molecule has 0 heterocycles. The van der Waals surface area contributed by atoms with Gasteiger partial charge in [-0.25, -0.2) is 0 Å². The maximum atomic E-state index is 12.1. The van der Waals surface area contributed by atoms with Crippen molar-refractivity contribution in [2.45, 2.75) is 37.4 Å². The zero-order valence-electron chi connectivity index (χ0n) is 11.0. The number of alkyl halides is 3. The molecule has 0 atom stereocenters. The van der Waals surface area contributed by atoms with Crippen LogP contribution < -0.4 is 10.6 Å². The number of hydrogen-bond donors (Lipinski definition) is 2. The lowest BCUT2D eigenvalue weighted by molar-refractivity contribution is -0.115. The van der Waals surface area contributed by atoms with Crippen LogP contribution in [0, 0.1) is 0 Å². The Balaban J connectivity index is 2.06. The second-order valence-electron chi connectivity index (χ2n) is 5.09. The molecule has 0 radical (unpaired) electrons. The third kappa shape index (κ3) is 3.41. The van der Waals surface area contributed by atoms with E-state index in [2.05, 4.69) is 10.6 Å². The third-order valence-corrected chi connectivity index (χ3v) is 3.87. The van der Waals surface area contributed by atoms with Crippen molar-refractivity contribution in [3.05, 3.63) is 29.8 Å². The largest absolute Gasteiger partial charge is 0.405 e. The van der Waals surface area contributed by atoms with Gasteiger partial charge in [-0.15, -0.1) is 0 Å². The van der Waals surface area contributed by atoms with Crippen molar-refractivity contribution in [1.82, 2.24) is 5.32 Å². The lowest BCUT2D eigenvalue weighted by Gasteiger charge is -2.29. The van der Waals surface area contributed by atoms with E-state index in [4.69, 9.17) is 0 Å². The van der Waals surface area contributed by atoms with Crippen LogP contribution in [0.1, 0.15) is 31.2 Å². The van der Waals surface area contributed by atoms with E-state index in [0.717, 1.165) is 18.4 Å². The predicted molar refractivity (Wildman–Crippen MR) is 70.2 cm³/mol. The molecule has 5 heteroatoms. The summed E-state index contributed by atoms with van der Waals surface area (Å²) in [6, 6.07) is 7.28. The van der Waals surface area contributed by atoms with Crippen LogP contribution in [-0.4, -0.2) is 19.8 Å². The van der Waals surface area contributed by atoms with Crippen molar-refractivity contribution >= 4 is 5.69 Å². The minimum Gasteiger partial charge on any atom is -0.376 e. The molecule has 1 aromatic carbocycles. The van der Waals surface area contributed by atoms with Crippen LogP contribution in [0.2, 0.25) is 0 Å². The van der Waals surface area contributed by atoms with Crippen LogP contribution in [0.3, 0.4) is 0 Å². The molecule has 0 unspecified atom stereocenters. The normalized spacial score (nSPS) is 18.5. The van der Waals surface area contributed by atoms with E-state index in [-0.39, 0.29) is 5.54 Å². The average molecular weight is 272 g/mol. The fourth-order valence-corrected chi connectivity index (χ4v) is 2.77. The van der Waals surface area contributed by atoms with E-state index in [1.807, 2.05) is 19.2 Å². The molecule has 0 bridgehead atoms. The van der Waals surface area contributed by atoms with Crippen LogP contribution in [-0.2, 0) is 5.54 Å². The molecule has 1 aliphatic rings. The summed E-state index contributed by atoms with van der Waals surface area (Å²) in [4.78, 5) is 0. The van der Waals surface area contributed by atoms with Gasteiger partial charge < -0.3 is 10.6 Å². The summed E-state index contributed by atoms with van der Waals surface area (Å²) >= 11 is 0. The van der Waals surface area contributed by atoms with Gasteiger partial charge in [0.2, 0.25) is 0 Å². The van der Waals surface area contributed by atoms with Crippen LogP contribution >= 0.6 is 0 Å². The molecule has 0 aliphatic heterocycles. The third-order valence-electron chi connectivity index (χ3n) is 3.87. The van der Waals surface area contributed by atoms with Crippen LogP contribution in [0.15, 0.2) is 24.3 Å². The molecule has 2 rings (SSSR count). The van der Waals surface area contributed by atoms with Crippen molar-refractivity contribution in [3.8, 4) is 0 Å². The molecule has 2 N–H and O–H groups in total. The SMILES string of the molecule is CNC1(c2ccc(NCC(F)(F)F)cc2)CCCC1. The molecule has 106 valence electrons. The van der Waals surface area contributed by atoms with E-state index >= 15 is 0 Å². The second kappa shape index (κ2) is 5.41. The zero-order chi connectivity index (χ0) is 13.9. The Morgan fingerprint density at radius 2 is 1.68 bits per heavy atom. The van der Waals surface area contributed by atoms with Gasteiger partial charge in [-0.1, -0.05) is 25.0 Å². The Bertz CT molecular complexity index is 406. The summed E-state index contributed by atoms with van der Waals surface area (Å²) in [6.07, 6.45) is 0.359. The summed E-state index contributed by atoms with van der Waals surface area (Å²) in [6.45, 7) is -0.997. The number of rotatable bonds is 4. The first-order valence-corrected chi connectivity index (χ1v) is 6.55. The van der Waals surface area contributed by atoms with Gasteiger partial charge in [-0.05, 0) is 37.6 Å². The van der Waals surface area contributed by atoms with Crippen molar-refractivity contribution in [1.29, 1.82) is 0 Å². The van der Waals surface area contributed by atoms with Gasteiger partial charge in [-0.2, -0.15) is 13.2 Å². The highest BCUT2D eigenvalue weighted by molar-refractivity contribution is 5.46. The Hall–Kier alpha value is -1.23. The van der Waals surface area contributed by atoms with Crippen molar-refractivity contribution in [3.63, 3.8) is 0 Å². The molecule has 0 spiro atoms. The van der Waals surface area contributed by atoms with Crippen molar-refractivity contribution in [2.24, 2.45) is 0 Å². The Labute approximate surface area is 111 Å². The summed E-state index contributed by atoms with van der Waals surface area (Å²) in [5.74, 6) is 0. The highest BCUT2D eigenvalue weighted by Crippen LogP contribution is 2.38. The fraction of sp³-hybridized carbons (Fsp3) is 0.571. The highest BCUT2D eigenvalue weighted by Gasteiger charge is 2.33. The minimum atomic E-state index is -4.18. The first-order chi connectivity index (χ1) is 8.95. The van der Waals surface area contributed by atoms with E-state index in [9.17, 15) is 13.2 Å². The zero-order valence-corrected chi connectivity index (χ0v) is 11.0. The molecule has 1 fully saturated rings. The smallest absolute Gasteiger partial charge is 0.376 e. The van der Waals surface area contributed by atoms with Crippen molar-refractivity contribution in [2.75, 3.05) is 18.9 Å². The van der Waals surface area contributed by atoms with Gasteiger partial charge in [0, 0.05) is 11.2 Å². The number of benzene rings is 1. The molecular formula is C14H19F3N2. The van der Waals surface area contributed by atoms with Gasteiger partial charge in [0.05, 0.1) is 0 Å². The molecule has 0 saturated heterocycles. The molecule has 1 saturated carbocycles. The first-order valence-electron chi connectivity index (χ1n) is 6.55. The maximum absolute atomic E-state index is 12.1. The summed E-state index contributed by atoms with van der Waals surface area (Å²) in [7, 11) is 1.95. The van der Waals surface area contributed by atoms with Gasteiger partial charge in [-0.3, -0.25) is 0 Å². The number of anilines is 1. The van der Waals surface area contributed by atoms with Crippen molar-refractivity contribution < 1.29 is 13.2 Å². The van der Waals surface area contributed by atoms with E-state index in [1.165, 1.54) is 12.8 Å². The molecule has 0 amide bonds. The standard InChI is InChI=1S/C14H19F3N2/c1-18-13(8-2-3-9-13)11-4-6-12(7-5-11)19-10-14(15,16)17/h4-7,18-19H,2-3,8-10H2,1H3. The van der Waals surface area contributed by atoms with Gasteiger partial charge in [0.25, 0.3) is 0 Å². The van der Waals surface area contributed by atoms with Crippen LogP contribution in [0.4, 0.5) is 18.9 Å². The number of halogens is 3. The molecule has 1 aromatic rings. The first kappa shape index (κ1) is 14.2. The number of nitrogens with one attached hydrogen (secondary N) is 2. The van der Waals surface area contributed by atoms with Crippen LogP contribution in [0.5, 0.6) is 0 Å². The molecule has 2 nitrogen and oxygen atoms in total. The number of hydrogen-bond acceptors (Lipinski definition) is 2. The quantitative estimate of drug-likeness (QED) is 0.874. The van der Waals surface area contributed by atoms with E-state index in [0.29, 0.717) is 5.69 Å². The molecule has 1 aliphatic carbocycles. The molecule has 0 aromatic heterocycles. The summed E-state index contributed by atoms with van der Waals surface area (Å²) in [5, 5.41) is 5.76. The minimum absolute atomic E-state index is 0.00254. The Morgan fingerprint density at radius 1 is 1.11 bits per heavy atom. The molecule has 19 heavy (non-hydrogen) atoms. The van der Waals surface area contributed by atoms with Gasteiger partial charge >= 0.3 is 6.18 Å². The summed E-state index contributed by atoms with van der Waals surface area (Å²) < 4.78 is 36.3. The average Bonchev–Trinajstić information content (AvgIpc) is 2.86. The second-order valence-corrected chi connectivity index (χ2v) is 5.09. The Kier molecular flexibility index (Phi) is 4.04. The van der Waals surface area contributed by atoms with Gasteiger partial charge in [0.15, 0.2) is 0 Å². The van der Waals surface area contributed by atoms with E-state index in [1.54, 1.807) is 12.1 Å². The highest BCUT2D eigenvalue weighted by atomic mass is 19.4. The van der Waals surface area contributed by atoms with Gasteiger partial charge in [0.1, 0.15) is 6.54 Å². The predicted octanol–water partition coefficient (Wildman–Crippen LogP) is 3.65. The summed E-state index contributed by atoms with van der Waals surface area (Å²) in [5.41, 5.74) is 1.66. The Morgan fingerprint density at radius 3 is 2.16 bits per heavy atom. The topological polar surface area (TPSA) is 24.1 Å².